The maximum Gasteiger partial charge on any atom is 0.141 e. The van der Waals surface area contributed by atoms with E-state index in [0.717, 1.165) is 27.7 Å². The van der Waals surface area contributed by atoms with Crippen molar-refractivity contribution in [2.24, 2.45) is 0 Å². The van der Waals surface area contributed by atoms with E-state index in [1.165, 1.54) is 6.20 Å². The first-order valence-electron chi connectivity index (χ1n) is 6.30. The second-order valence-corrected chi connectivity index (χ2v) is 5.51. The van der Waals surface area contributed by atoms with Crippen LogP contribution in [0.15, 0.2) is 42.7 Å². The predicted molar refractivity (Wildman–Crippen MR) is 83.5 cm³/mol. The zero-order valence-corrected chi connectivity index (χ0v) is 12.9. The number of nitrogens with zero attached hydrogens (tertiary/aromatic N) is 1. The van der Waals surface area contributed by atoms with Crippen LogP contribution >= 0.6 is 22.6 Å². The number of aromatic nitrogens is 1. The van der Waals surface area contributed by atoms with Crippen molar-refractivity contribution in [1.29, 1.82) is 0 Å². The minimum atomic E-state index is -0.299. The first-order chi connectivity index (χ1) is 9.22. The number of rotatable bonds is 5. The fourth-order valence-corrected chi connectivity index (χ4v) is 2.69. The Morgan fingerprint density at radius 2 is 2.11 bits per heavy atom. The Morgan fingerprint density at radius 1 is 1.32 bits per heavy atom. The van der Waals surface area contributed by atoms with Crippen LogP contribution in [0.1, 0.15) is 30.5 Å². The molecule has 0 saturated heterocycles. The van der Waals surface area contributed by atoms with Gasteiger partial charge in [-0.05, 0) is 58.8 Å². The molecule has 0 fully saturated rings. The zero-order chi connectivity index (χ0) is 13.7. The van der Waals surface area contributed by atoms with Crippen LogP contribution in [0.3, 0.4) is 0 Å². The summed E-state index contributed by atoms with van der Waals surface area (Å²) in [6.45, 7) is 3.00. The van der Waals surface area contributed by atoms with Crippen molar-refractivity contribution < 1.29 is 4.39 Å². The summed E-state index contributed by atoms with van der Waals surface area (Å²) in [4.78, 5) is 3.95. The lowest BCUT2D eigenvalue weighted by Crippen LogP contribution is -2.24. The van der Waals surface area contributed by atoms with E-state index in [0.29, 0.717) is 0 Å². The van der Waals surface area contributed by atoms with Gasteiger partial charge >= 0.3 is 0 Å². The molecule has 100 valence electrons. The largest absolute Gasteiger partial charge is 0.306 e. The highest BCUT2D eigenvalue weighted by Gasteiger charge is 2.16. The van der Waals surface area contributed by atoms with E-state index in [9.17, 15) is 4.39 Å². The van der Waals surface area contributed by atoms with Gasteiger partial charge in [-0.1, -0.05) is 25.1 Å². The fourth-order valence-electron chi connectivity index (χ4n) is 1.99. The van der Waals surface area contributed by atoms with Crippen molar-refractivity contribution in [1.82, 2.24) is 10.3 Å². The van der Waals surface area contributed by atoms with Crippen LogP contribution in [0.2, 0.25) is 0 Å². The standard InChI is InChI=1S/C15H16FIN2/c1-2-7-19-15(11-8-12(16)10-18-9-11)13-5-3-4-6-14(13)17/h3-6,8-10,15,19H,2,7H2,1H3. The Hall–Kier alpha value is -1.01. The Kier molecular flexibility index (Phi) is 5.27. The molecule has 4 heteroatoms. The van der Waals surface area contributed by atoms with Crippen molar-refractivity contribution >= 4 is 22.6 Å². The zero-order valence-electron chi connectivity index (χ0n) is 10.7. The molecule has 1 unspecified atom stereocenters. The molecular formula is C15H16FIN2. The maximum atomic E-state index is 13.4. The van der Waals surface area contributed by atoms with Crippen LogP contribution in [0.25, 0.3) is 0 Å². The Balaban J connectivity index is 2.38. The third-order valence-electron chi connectivity index (χ3n) is 2.87. The molecule has 0 spiro atoms. The maximum absolute atomic E-state index is 13.4. The number of hydrogen-bond donors (Lipinski definition) is 1. The van der Waals surface area contributed by atoms with Crippen LogP contribution in [0.5, 0.6) is 0 Å². The van der Waals surface area contributed by atoms with Crippen LogP contribution < -0.4 is 5.32 Å². The molecule has 0 radical (unpaired) electrons. The molecule has 0 bridgehead atoms. The van der Waals surface area contributed by atoms with Gasteiger partial charge in [-0.25, -0.2) is 4.39 Å². The SMILES string of the molecule is CCCNC(c1cncc(F)c1)c1ccccc1I. The fraction of sp³-hybridized carbons (Fsp3) is 0.267. The third kappa shape index (κ3) is 3.73. The van der Waals surface area contributed by atoms with Crippen LogP contribution in [-0.2, 0) is 0 Å². The topological polar surface area (TPSA) is 24.9 Å². The first kappa shape index (κ1) is 14.4. The molecule has 0 aliphatic heterocycles. The summed E-state index contributed by atoms with van der Waals surface area (Å²) in [6.07, 6.45) is 3.98. The lowest BCUT2D eigenvalue weighted by molar-refractivity contribution is 0.579. The van der Waals surface area contributed by atoms with Gasteiger partial charge in [-0.3, -0.25) is 4.98 Å². The molecule has 1 atom stereocenters. The monoisotopic (exact) mass is 370 g/mol. The van der Waals surface area contributed by atoms with Gasteiger partial charge in [-0.2, -0.15) is 0 Å². The molecule has 2 rings (SSSR count). The molecule has 19 heavy (non-hydrogen) atoms. The van der Waals surface area contributed by atoms with Gasteiger partial charge < -0.3 is 5.32 Å². The van der Waals surface area contributed by atoms with Crippen molar-refractivity contribution in [3.8, 4) is 0 Å². The Bertz CT molecular complexity index is 545. The molecule has 2 nitrogen and oxygen atoms in total. The number of halogens is 2. The first-order valence-corrected chi connectivity index (χ1v) is 7.38. The highest BCUT2D eigenvalue weighted by molar-refractivity contribution is 14.1. The highest BCUT2D eigenvalue weighted by atomic mass is 127. The van der Waals surface area contributed by atoms with E-state index in [-0.39, 0.29) is 11.9 Å². The highest BCUT2D eigenvalue weighted by Crippen LogP contribution is 2.26. The summed E-state index contributed by atoms with van der Waals surface area (Å²) < 4.78 is 14.5. The Labute approximate surface area is 126 Å². The van der Waals surface area contributed by atoms with Crippen molar-refractivity contribution in [2.45, 2.75) is 19.4 Å². The molecule has 1 heterocycles. The molecule has 0 saturated carbocycles. The minimum absolute atomic E-state index is 0.0174. The normalized spacial score (nSPS) is 12.4. The molecular weight excluding hydrogens is 354 g/mol. The van der Waals surface area contributed by atoms with Gasteiger partial charge in [0.15, 0.2) is 0 Å². The molecule has 1 aromatic carbocycles. The second-order valence-electron chi connectivity index (χ2n) is 4.35. The summed E-state index contributed by atoms with van der Waals surface area (Å²) in [7, 11) is 0. The lowest BCUT2D eigenvalue weighted by atomic mass is 10.00. The molecule has 0 amide bonds. The van der Waals surface area contributed by atoms with Gasteiger partial charge in [0.1, 0.15) is 5.82 Å². The van der Waals surface area contributed by atoms with E-state index in [1.54, 1.807) is 12.3 Å². The second kappa shape index (κ2) is 6.96. The van der Waals surface area contributed by atoms with Gasteiger partial charge in [-0.15, -0.1) is 0 Å². The summed E-state index contributed by atoms with van der Waals surface area (Å²) in [5.41, 5.74) is 2.02. The van der Waals surface area contributed by atoms with E-state index in [1.807, 2.05) is 12.1 Å². The van der Waals surface area contributed by atoms with Gasteiger partial charge in [0.2, 0.25) is 0 Å². The Morgan fingerprint density at radius 3 is 2.79 bits per heavy atom. The molecule has 1 aromatic heterocycles. The lowest BCUT2D eigenvalue weighted by Gasteiger charge is -2.20. The van der Waals surface area contributed by atoms with Gasteiger partial charge in [0.05, 0.1) is 12.2 Å². The smallest absolute Gasteiger partial charge is 0.141 e. The molecule has 2 aromatic rings. The predicted octanol–water partition coefficient (Wildman–Crippen LogP) is 3.91. The van der Waals surface area contributed by atoms with E-state index in [4.69, 9.17) is 0 Å². The summed E-state index contributed by atoms with van der Waals surface area (Å²) in [6, 6.07) is 9.67. The number of nitrogens with one attached hydrogen (secondary N) is 1. The van der Waals surface area contributed by atoms with E-state index < -0.39 is 0 Å². The average Bonchev–Trinajstić information content (AvgIpc) is 2.41. The third-order valence-corrected chi connectivity index (χ3v) is 3.86. The van der Waals surface area contributed by atoms with Crippen LogP contribution in [0, 0.1) is 9.39 Å². The van der Waals surface area contributed by atoms with E-state index in [2.05, 4.69) is 51.9 Å². The summed E-state index contributed by atoms with van der Waals surface area (Å²) >= 11 is 2.31. The van der Waals surface area contributed by atoms with Crippen molar-refractivity contribution in [3.63, 3.8) is 0 Å². The molecule has 1 N–H and O–H groups in total. The number of pyridine rings is 1. The quantitative estimate of drug-likeness (QED) is 0.808. The molecule has 0 aliphatic carbocycles. The minimum Gasteiger partial charge on any atom is -0.306 e. The van der Waals surface area contributed by atoms with Crippen LogP contribution in [-0.4, -0.2) is 11.5 Å². The summed E-state index contributed by atoms with van der Waals surface area (Å²) in [5, 5.41) is 3.46. The number of hydrogen-bond acceptors (Lipinski definition) is 2. The van der Waals surface area contributed by atoms with E-state index >= 15 is 0 Å². The van der Waals surface area contributed by atoms with Crippen molar-refractivity contribution in [3.05, 3.63) is 63.2 Å². The van der Waals surface area contributed by atoms with Gasteiger partial charge in [0.25, 0.3) is 0 Å². The number of benzene rings is 1. The summed E-state index contributed by atoms with van der Waals surface area (Å²) in [5.74, 6) is -0.299. The van der Waals surface area contributed by atoms with Crippen LogP contribution in [0.4, 0.5) is 4.39 Å². The molecule has 0 aliphatic rings. The average molecular weight is 370 g/mol. The van der Waals surface area contributed by atoms with Crippen molar-refractivity contribution in [2.75, 3.05) is 6.54 Å². The van der Waals surface area contributed by atoms with Gasteiger partial charge in [0, 0.05) is 9.77 Å².